The molecule has 24 heavy (non-hydrogen) atoms. The van der Waals surface area contributed by atoms with Crippen LogP contribution in [0.2, 0.25) is 0 Å². The van der Waals surface area contributed by atoms with Crippen LogP contribution in [0.3, 0.4) is 0 Å². The molecule has 0 aliphatic carbocycles. The number of rotatable bonds is 5. The van der Waals surface area contributed by atoms with Gasteiger partial charge in [-0.05, 0) is 35.8 Å². The fraction of sp³-hybridized carbons (Fsp3) is 0.471. The second-order valence-electron chi connectivity index (χ2n) is 6.29. The summed E-state index contributed by atoms with van der Waals surface area (Å²) < 4.78 is 5.55. The maximum Gasteiger partial charge on any atom is 0.277 e. The number of thiophene rings is 1. The van der Waals surface area contributed by atoms with E-state index in [1.54, 1.807) is 17.4 Å². The van der Waals surface area contributed by atoms with E-state index in [1.165, 1.54) is 18.2 Å². The summed E-state index contributed by atoms with van der Waals surface area (Å²) in [6, 6.07) is 4.01. The van der Waals surface area contributed by atoms with Gasteiger partial charge in [0, 0.05) is 24.0 Å². The number of aromatic nitrogens is 2. The van der Waals surface area contributed by atoms with Crippen LogP contribution < -0.4 is 0 Å². The van der Waals surface area contributed by atoms with E-state index in [0.29, 0.717) is 28.7 Å². The third-order valence-electron chi connectivity index (χ3n) is 3.90. The van der Waals surface area contributed by atoms with E-state index in [-0.39, 0.29) is 5.91 Å². The highest BCUT2D eigenvalue weighted by Crippen LogP contribution is 2.23. The molecule has 1 aliphatic heterocycles. The molecule has 2 atom stereocenters. The largest absolute Gasteiger partial charge is 0.412 e. The molecule has 0 N–H and O–H groups in total. The van der Waals surface area contributed by atoms with E-state index in [9.17, 15) is 4.79 Å². The van der Waals surface area contributed by atoms with Gasteiger partial charge in [0.2, 0.25) is 11.8 Å². The molecule has 1 amide bonds. The number of amides is 1. The summed E-state index contributed by atoms with van der Waals surface area (Å²) in [7, 11) is 0. The number of carbonyl (C=O) groups excluding carboxylic acids is 1. The lowest BCUT2D eigenvalue weighted by molar-refractivity contribution is -0.130. The molecule has 2 aromatic rings. The van der Waals surface area contributed by atoms with Crippen molar-refractivity contribution in [2.75, 3.05) is 18.8 Å². The predicted octanol–water partition coefficient (Wildman–Crippen LogP) is 3.90. The zero-order valence-electron chi connectivity index (χ0n) is 13.8. The number of thioether (sulfide) groups is 1. The molecular weight excluding hydrogens is 342 g/mol. The number of likely N-dealkylation sites (tertiary alicyclic amines) is 1. The number of piperidine rings is 1. The average molecular weight is 364 g/mol. The van der Waals surface area contributed by atoms with Crippen molar-refractivity contribution in [1.82, 2.24) is 15.1 Å². The van der Waals surface area contributed by atoms with Gasteiger partial charge < -0.3 is 9.32 Å². The summed E-state index contributed by atoms with van der Waals surface area (Å²) in [4.78, 5) is 15.4. The molecule has 3 heterocycles. The second-order valence-corrected chi connectivity index (χ2v) is 8.19. The van der Waals surface area contributed by atoms with Crippen LogP contribution in [0, 0.1) is 11.8 Å². The predicted molar refractivity (Wildman–Crippen MR) is 97.8 cm³/mol. The normalized spacial score (nSPS) is 21.5. The Hall–Kier alpha value is -1.60. The van der Waals surface area contributed by atoms with Gasteiger partial charge in [-0.1, -0.05) is 31.7 Å². The third kappa shape index (κ3) is 4.70. The van der Waals surface area contributed by atoms with Crippen LogP contribution >= 0.6 is 23.1 Å². The summed E-state index contributed by atoms with van der Waals surface area (Å²) in [5.41, 5.74) is 0. The molecule has 1 saturated heterocycles. The molecule has 3 rings (SSSR count). The molecule has 1 aliphatic rings. The van der Waals surface area contributed by atoms with Crippen molar-refractivity contribution in [3.05, 3.63) is 28.3 Å². The van der Waals surface area contributed by atoms with Crippen LogP contribution in [0.15, 0.2) is 27.2 Å². The minimum atomic E-state index is 0.146. The minimum absolute atomic E-state index is 0.146. The van der Waals surface area contributed by atoms with E-state index in [1.807, 2.05) is 28.5 Å². The van der Waals surface area contributed by atoms with Crippen LogP contribution in [0.1, 0.15) is 31.0 Å². The summed E-state index contributed by atoms with van der Waals surface area (Å²) in [6.45, 7) is 6.10. The van der Waals surface area contributed by atoms with Crippen molar-refractivity contribution in [1.29, 1.82) is 0 Å². The molecule has 2 unspecified atom stereocenters. The third-order valence-corrected chi connectivity index (χ3v) is 5.54. The van der Waals surface area contributed by atoms with Gasteiger partial charge in [-0.2, -0.15) is 0 Å². The second kappa shape index (κ2) is 7.98. The molecule has 0 spiro atoms. The Labute approximate surface area is 150 Å². The van der Waals surface area contributed by atoms with Crippen molar-refractivity contribution in [2.24, 2.45) is 11.8 Å². The van der Waals surface area contributed by atoms with Gasteiger partial charge in [-0.3, -0.25) is 4.79 Å². The fourth-order valence-corrected chi connectivity index (χ4v) is 4.26. The summed E-state index contributed by atoms with van der Waals surface area (Å²) in [5, 5.41) is 10.4. The van der Waals surface area contributed by atoms with Crippen LogP contribution in [-0.2, 0) is 4.79 Å². The van der Waals surface area contributed by atoms with E-state index < -0.39 is 0 Å². The quantitative estimate of drug-likeness (QED) is 0.754. The molecule has 0 aromatic carbocycles. The Kier molecular flexibility index (Phi) is 5.73. The monoisotopic (exact) mass is 363 g/mol. The maximum atomic E-state index is 12.4. The highest BCUT2D eigenvalue weighted by atomic mass is 32.2. The summed E-state index contributed by atoms with van der Waals surface area (Å²) in [5.74, 6) is 2.08. The van der Waals surface area contributed by atoms with Crippen molar-refractivity contribution in [3.8, 4) is 0 Å². The van der Waals surface area contributed by atoms with E-state index in [0.717, 1.165) is 18.0 Å². The number of nitrogens with zero attached hydrogens (tertiary/aromatic N) is 3. The zero-order valence-corrected chi connectivity index (χ0v) is 15.5. The van der Waals surface area contributed by atoms with E-state index >= 15 is 0 Å². The van der Waals surface area contributed by atoms with E-state index in [2.05, 4.69) is 24.0 Å². The first-order valence-electron chi connectivity index (χ1n) is 8.06. The van der Waals surface area contributed by atoms with Gasteiger partial charge in [-0.25, -0.2) is 0 Å². The smallest absolute Gasteiger partial charge is 0.277 e. The van der Waals surface area contributed by atoms with Gasteiger partial charge in [0.25, 0.3) is 5.22 Å². The van der Waals surface area contributed by atoms with Gasteiger partial charge >= 0.3 is 0 Å². The van der Waals surface area contributed by atoms with Crippen LogP contribution in [0.5, 0.6) is 0 Å². The average Bonchev–Trinajstić information content (AvgIpc) is 3.21. The van der Waals surface area contributed by atoms with Crippen molar-refractivity contribution >= 4 is 41.2 Å². The lowest BCUT2D eigenvalue weighted by Crippen LogP contribution is -2.43. The Bertz CT molecular complexity index is 687. The Balaban J connectivity index is 1.51. The van der Waals surface area contributed by atoms with Crippen LogP contribution in [-0.4, -0.2) is 39.8 Å². The summed E-state index contributed by atoms with van der Waals surface area (Å²) in [6.07, 6.45) is 4.92. The summed E-state index contributed by atoms with van der Waals surface area (Å²) >= 11 is 2.95. The van der Waals surface area contributed by atoms with Crippen LogP contribution in [0.4, 0.5) is 0 Å². The Morgan fingerprint density at radius 2 is 2.17 bits per heavy atom. The number of carbonyl (C=O) groups is 1. The zero-order chi connectivity index (χ0) is 16.9. The first kappa shape index (κ1) is 17.2. The highest BCUT2D eigenvalue weighted by molar-refractivity contribution is 7.99. The van der Waals surface area contributed by atoms with Crippen LogP contribution in [0.25, 0.3) is 12.2 Å². The molecule has 0 saturated carbocycles. The molecule has 5 nitrogen and oxygen atoms in total. The molecule has 2 aromatic heterocycles. The van der Waals surface area contributed by atoms with Crippen molar-refractivity contribution in [3.63, 3.8) is 0 Å². The van der Waals surface area contributed by atoms with Crippen molar-refractivity contribution in [2.45, 2.75) is 25.5 Å². The number of hydrogen-bond donors (Lipinski definition) is 0. The fourth-order valence-electron chi connectivity index (χ4n) is 2.97. The molecular formula is C17H21N3O2S2. The molecule has 1 fully saturated rings. The molecule has 128 valence electrons. The number of hydrogen-bond acceptors (Lipinski definition) is 6. The molecule has 0 radical (unpaired) electrons. The van der Waals surface area contributed by atoms with Gasteiger partial charge in [0.15, 0.2) is 0 Å². The van der Waals surface area contributed by atoms with Gasteiger partial charge in [0.1, 0.15) is 0 Å². The standard InChI is InChI=1S/C17H21N3O2S2/c1-12-8-13(2)10-20(9-12)16(21)11-24-17-19-18-15(22-17)6-5-14-4-3-7-23-14/h3-7,12-13H,8-11H2,1-2H3/b6-5+. The SMILES string of the molecule is CC1CC(C)CN(C(=O)CSc2nnc(/C=C/c3cccs3)o2)C1. The lowest BCUT2D eigenvalue weighted by atomic mass is 9.92. The molecule has 7 heteroatoms. The first-order valence-corrected chi connectivity index (χ1v) is 9.92. The van der Waals surface area contributed by atoms with Gasteiger partial charge in [0.05, 0.1) is 5.75 Å². The first-order chi connectivity index (χ1) is 11.6. The maximum absolute atomic E-state index is 12.4. The molecule has 0 bridgehead atoms. The van der Waals surface area contributed by atoms with Gasteiger partial charge in [-0.15, -0.1) is 21.5 Å². The Morgan fingerprint density at radius 1 is 1.38 bits per heavy atom. The minimum Gasteiger partial charge on any atom is -0.412 e. The topological polar surface area (TPSA) is 59.2 Å². The van der Waals surface area contributed by atoms with E-state index in [4.69, 9.17) is 4.42 Å². The lowest BCUT2D eigenvalue weighted by Gasteiger charge is -2.34. The van der Waals surface area contributed by atoms with Crippen molar-refractivity contribution < 1.29 is 9.21 Å². The highest BCUT2D eigenvalue weighted by Gasteiger charge is 2.25. The Morgan fingerprint density at radius 3 is 2.88 bits per heavy atom.